The average Bonchev–Trinajstić information content (AvgIpc) is 2.94. The van der Waals surface area contributed by atoms with Crippen LogP contribution in [0.2, 0.25) is 0 Å². The predicted octanol–water partition coefficient (Wildman–Crippen LogP) is 1.53. The van der Waals surface area contributed by atoms with E-state index in [9.17, 15) is 4.79 Å². The maximum absolute atomic E-state index is 12.2. The Hall–Kier alpha value is -1.39. The zero-order valence-corrected chi connectivity index (χ0v) is 12.3. The van der Waals surface area contributed by atoms with E-state index in [2.05, 4.69) is 29.7 Å². The average molecular weight is 276 g/mol. The Morgan fingerprint density at radius 2 is 2.10 bits per heavy atom. The largest absolute Gasteiger partial charge is 0.379 e. The van der Waals surface area contributed by atoms with Gasteiger partial charge in [0.1, 0.15) is 0 Å². The molecule has 3 unspecified atom stereocenters. The second-order valence-electron chi connectivity index (χ2n) is 5.37. The van der Waals surface area contributed by atoms with Crippen molar-refractivity contribution in [2.24, 2.45) is 5.92 Å². The van der Waals surface area contributed by atoms with Gasteiger partial charge in [-0.05, 0) is 18.0 Å². The van der Waals surface area contributed by atoms with Gasteiger partial charge in [-0.3, -0.25) is 4.79 Å². The van der Waals surface area contributed by atoms with Crippen molar-refractivity contribution in [1.82, 2.24) is 10.6 Å². The number of likely N-dealkylation sites (N-methyl/N-ethyl adjacent to an activating group) is 1. The van der Waals surface area contributed by atoms with Gasteiger partial charge in [-0.2, -0.15) is 0 Å². The molecular formula is C16H24N2O2. The Kier molecular flexibility index (Phi) is 5.56. The first-order valence-electron chi connectivity index (χ1n) is 7.36. The number of hydrogen-bond donors (Lipinski definition) is 2. The van der Waals surface area contributed by atoms with Crippen molar-refractivity contribution in [1.29, 1.82) is 0 Å². The molecule has 2 N–H and O–H groups in total. The summed E-state index contributed by atoms with van der Waals surface area (Å²) in [4.78, 5) is 12.2. The minimum atomic E-state index is -0.0714. The summed E-state index contributed by atoms with van der Waals surface area (Å²) in [6.07, 6.45) is 0. The number of amides is 1. The predicted molar refractivity (Wildman–Crippen MR) is 79.6 cm³/mol. The van der Waals surface area contributed by atoms with Gasteiger partial charge in [0.05, 0.1) is 19.1 Å². The van der Waals surface area contributed by atoms with Crippen molar-refractivity contribution in [2.75, 3.05) is 26.3 Å². The Labute approximate surface area is 120 Å². The molecule has 1 amide bonds. The van der Waals surface area contributed by atoms with E-state index in [-0.39, 0.29) is 17.9 Å². The molecule has 1 fully saturated rings. The van der Waals surface area contributed by atoms with Crippen molar-refractivity contribution in [2.45, 2.75) is 25.8 Å². The van der Waals surface area contributed by atoms with Gasteiger partial charge in [-0.25, -0.2) is 0 Å². The van der Waals surface area contributed by atoms with E-state index in [1.54, 1.807) is 0 Å². The molecule has 0 radical (unpaired) electrons. The van der Waals surface area contributed by atoms with E-state index >= 15 is 0 Å². The third-order valence-corrected chi connectivity index (χ3v) is 3.83. The summed E-state index contributed by atoms with van der Waals surface area (Å²) in [6, 6.07) is 10.4. The number of rotatable bonds is 6. The molecule has 110 valence electrons. The fourth-order valence-corrected chi connectivity index (χ4v) is 2.56. The summed E-state index contributed by atoms with van der Waals surface area (Å²) in [7, 11) is 0. The quantitative estimate of drug-likeness (QED) is 0.828. The molecule has 4 heteroatoms. The summed E-state index contributed by atoms with van der Waals surface area (Å²) >= 11 is 0. The summed E-state index contributed by atoms with van der Waals surface area (Å²) in [5.74, 6) is 0.342. The standard InChI is InChI=1S/C16H24N2O2/c1-3-17-15-11-20-10-14(15)16(19)18-9-12(2)13-7-5-4-6-8-13/h4-8,12,14-15,17H,3,9-11H2,1-2H3,(H,18,19). The van der Waals surface area contributed by atoms with Gasteiger partial charge in [0, 0.05) is 12.6 Å². The van der Waals surface area contributed by atoms with E-state index in [0.717, 1.165) is 6.54 Å². The van der Waals surface area contributed by atoms with Crippen LogP contribution in [0.15, 0.2) is 30.3 Å². The first-order valence-corrected chi connectivity index (χ1v) is 7.36. The fourth-order valence-electron chi connectivity index (χ4n) is 2.56. The number of carbonyl (C=O) groups excluding carboxylic acids is 1. The molecule has 0 aliphatic carbocycles. The summed E-state index contributed by atoms with van der Waals surface area (Å²) < 4.78 is 5.41. The highest BCUT2D eigenvalue weighted by Gasteiger charge is 2.33. The highest BCUT2D eigenvalue weighted by molar-refractivity contribution is 5.79. The summed E-state index contributed by atoms with van der Waals surface area (Å²) in [5.41, 5.74) is 1.25. The molecule has 1 heterocycles. The van der Waals surface area contributed by atoms with Crippen LogP contribution in [0, 0.1) is 5.92 Å². The van der Waals surface area contributed by atoms with Crippen LogP contribution in [0.3, 0.4) is 0 Å². The number of carbonyl (C=O) groups is 1. The topological polar surface area (TPSA) is 50.4 Å². The molecular weight excluding hydrogens is 252 g/mol. The second-order valence-corrected chi connectivity index (χ2v) is 5.37. The molecule has 1 saturated heterocycles. The third-order valence-electron chi connectivity index (χ3n) is 3.83. The van der Waals surface area contributed by atoms with Crippen LogP contribution >= 0.6 is 0 Å². The molecule has 4 nitrogen and oxygen atoms in total. The highest BCUT2D eigenvalue weighted by Crippen LogP contribution is 2.16. The van der Waals surface area contributed by atoms with Gasteiger partial charge in [-0.1, -0.05) is 44.2 Å². The molecule has 0 saturated carbocycles. The van der Waals surface area contributed by atoms with Crippen LogP contribution < -0.4 is 10.6 Å². The first kappa shape index (κ1) is 15.0. The molecule has 0 bridgehead atoms. The Balaban J connectivity index is 1.83. The van der Waals surface area contributed by atoms with Crippen LogP contribution in [0.1, 0.15) is 25.3 Å². The van der Waals surface area contributed by atoms with Crippen LogP contribution in [-0.2, 0) is 9.53 Å². The summed E-state index contributed by atoms with van der Waals surface area (Å²) in [6.45, 7) is 6.84. The van der Waals surface area contributed by atoms with Crippen molar-refractivity contribution < 1.29 is 9.53 Å². The van der Waals surface area contributed by atoms with Gasteiger partial charge in [0.15, 0.2) is 0 Å². The maximum Gasteiger partial charge on any atom is 0.227 e. The molecule has 3 atom stereocenters. The second kappa shape index (κ2) is 7.41. The zero-order chi connectivity index (χ0) is 14.4. The molecule has 0 spiro atoms. The number of nitrogens with one attached hydrogen (secondary N) is 2. The molecule has 1 aromatic carbocycles. The Morgan fingerprint density at radius 1 is 1.35 bits per heavy atom. The molecule has 2 rings (SSSR count). The van der Waals surface area contributed by atoms with Crippen LogP contribution in [0.25, 0.3) is 0 Å². The maximum atomic E-state index is 12.2. The lowest BCUT2D eigenvalue weighted by atomic mass is 9.99. The lowest BCUT2D eigenvalue weighted by Crippen LogP contribution is -2.44. The fraction of sp³-hybridized carbons (Fsp3) is 0.562. The van der Waals surface area contributed by atoms with Gasteiger partial charge >= 0.3 is 0 Å². The molecule has 1 aliphatic heterocycles. The monoisotopic (exact) mass is 276 g/mol. The van der Waals surface area contributed by atoms with Crippen molar-refractivity contribution in [3.05, 3.63) is 35.9 Å². The summed E-state index contributed by atoms with van der Waals surface area (Å²) in [5, 5.41) is 6.36. The third kappa shape index (κ3) is 3.81. The lowest BCUT2D eigenvalue weighted by Gasteiger charge is -2.19. The van der Waals surface area contributed by atoms with E-state index < -0.39 is 0 Å². The molecule has 20 heavy (non-hydrogen) atoms. The van der Waals surface area contributed by atoms with Crippen molar-refractivity contribution in [3.8, 4) is 0 Å². The van der Waals surface area contributed by atoms with E-state index in [4.69, 9.17) is 4.74 Å². The van der Waals surface area contributed by atoms with Gasteiger partial charge in [0.2, 0.25) is 5.91 Å². The van der Waals surface area contributed by atoms with Gasteiger partial charge < -0.3 is 15.4 Å². The van der Waals surface area contributed by atoms with Crippen LogP contribution in [0.4, 0.5) is 0 Å². The van der Waals surface area contributed by atoms with E-state index in [1.165, 1.54) is 5.56 Å². The van der Waals surface area contributed by atoms with Crippen LogP contribution in [-0.4, -0.2) is 38.3 Å². The Bertz CT molecular complexity index is 422. The highest BCUT2D eigenvalue weighted by atomic mass is 16.5. The SMILES string of the molecule is CCNC1COCC1C(=O)NCC(C)c1ccccc1. The molecule has 1 aromatic rings. The van der Waals surface area contributed by atoms with Gasteiger partial charge in [0.25, 0.3) is 0 Å². The Morgan fingerprint density at radius 3 is 2.80 bits per heavy atom. The number of benzene rings is 1. The van der Waals surface area contributed by atoms with E-state index in [1.807, 2.05) is 25.1 Å². The molecule has 0 aromatic heterocycles. The van der Waals surface area contributed by atoms with Crippen LogP contribution in [0.5, 0.6) is 0 Å². The molecule has 1 aliphatic rings. The number of hydrogen-bond acceptors (Lipinski definition) is 3. The van der Waals surface area contributed by atoms with Crippen molar-refractivity contribution >= 4 is 5.91 Å². The normalized spacial score (nSPS) is 23.5. The minimum absolute atomic E-state index is 0.0714. The zero-order valence-electron chi connectivity index (χ0n) is 12.3. The number of ether oxygens (including phenoxy) is 1. The van der Waals surface area contributed by atoms with Crippen molar-refractivity contribution in [3.63, 3.8) is 0 Å². The lowest BCUT2D eigenvalue weighted by molar-refractivity contribution is -0.125. The smallest absolute Gasteiger partial charge is 0.227 e. The first-order chi connectivity index (χ1) is 9.72. The van der Waals surface area contributed by atoms with E-state index in [0.29, 0.717) is 25.7 Å². The van der Waals surface area contributed by atoms with Gasteiger partial charge in [-0.15, -0.1) is 0 Å². The minimum Gasteiger partial charge on any atom is -0.379 e.